The molecular formula is C16H26ClN3O3. The molecule has 0 aliphatic carbocycles. The number of aryl methyl sites for hydroxylation is 1. The van der Waals surface area contributed by atoms with E-state index >= 15 is 0 Å². The van der Waals surface area contributed by atoms with Gasteiger partial charge in [0.05, 0.1) is 4.92 Å². The molecule has 23 heavy (non-hydrogen) atoms. The molecule has 1 amide bonds. The zero-order valence-corrected chi connectivity index (χ0v) is 14.9. The molecule has 1 rings (SSSR count). The number of nitro benzene ring substituents is 1. The van der Waals surface area contributed by atoms with Gasteiger partial charge in [0.1, 0.15) is 0 Å². The summed E-state index contributed by atoms with van der Waals surface area (Å²) >= 11 is 0. The van der Waals surface area contributed by atoms with Crippen molar-refractivity contribution in [3.05, 3.63) is 39.4 Å². The van der Waals surface area contributed by atoms with Gasteiger partial charge >= 0.3 is 0 Å². The first-order chi connectivity index (χ1) is 10.3. The Hall–Kier alpha value is -1.66. The van der Waals surface area contributed by atoms with E-state index in [-0.39, 0.29) is 30.0 Å². The molecule has 0 aromatic heterocycles. The van der Waals surface area contributed by atoms with Crippen LogP contribution in [0.25, 0.3) is 0 Å². The van der Waals surface area contributed by atoms with Crippen LogP contribution in [0.3, 0.4) is 0 Å². The molecule has 0 aliphatic rings. The van der Waals surface area contributed by atoms with Crippen LogP contribution in [-0.4, -0.2) is 35.4 Å². The number of hydrogen-bond acceptors (Lipinski definition) is 4. The fourth-order valence-corrected chi connectivity index (χ4v) is 2.16. The molecule has 0 heterocycles. The molecule has 6 nitrogen and oxygen atoms in total. The van der Waals surface area contributed by atoms with Gasteiger partial charge < -0.3 is 10.6 Å². The van der Waals surface area contributed by atoms with Gasteiger partial charge in [-0.25, -0.2) is 0 Å². The first kappa shape index (κ1) is 21.3. The lowest BCUT2D eigenvalue weighted by Gasteiger charge is -2.21. The minimum Gasteiger partial charge on any atom is -0.342 e. The number of carbonyl (C=O) groups excluding carboxylic acids is 1. The van der Waals surface area contributed by atoms with Crippen molar-refractivity contribution in [3.63, 3.8) is 0 Å². The first-order valence-corrected chi connectivity index (χ1v) is 7.56. The van der Waals surface area contributed by atoms with Crippen LogP contribution in [0.4, 0.5) is 5.69 Å². The lowest BCUT2D eigenvalue weighted by atomic mass is 10.0. The van der Waals surface area contributed by atoms with E-state index < -0.39 is 4.92 Å². The molecule has 0 spiro atoms. The maximum Gasteiger partial charge on any atom is 0.273 e. The van der Waals surface area contributed by atoms with Gasteiger partial charge in [0.25, 0.3) is 11.6 Å². The second-order valence-corrected chi connectivity index (χ2v) is 5.88. The topological polar surface area (TPSA) is 89.5 Å². The summed E-state index contributed by atoms with van der Waals surface area (Å²) < 4.78 is 0. The number of rotatable bonds is 7. The first-order valence-electron chi connectivity index (χ1n) is 7.56. The highest BCUT2D eigenvalue weighted by Gasteiger charge is 2.19. The summed E-state index contributed by atoms with van der Waals surface area (Å²) in [5, 5.41) is 11.1. The summed E-state index contributed by atoms with van der Waals surface area (Å²) in [6, 6.07) is 4.69. The quantitative estimate of drug-likeness (QED) is 0.608. The third kappa shape index (κ3) is 5.80. The van der Waals surface area contributed by atoms with E-state index in [1.807, 2.05) is 20.8 Å². The van der Waals surface area contributed by atoms with E-state index in [1.165, 1.54) is 6.07 Å². The number of nitrogens with two attached hydrogens (primary N) is 1. The Balaban J connectivity index is 0.00000484. The van der Waals surface area contributed by atoms with E-state index in [4.69, 9.17) is 5.73 Å². The lowest BCUT2D eigenvalue weighted by molar-refractivity contribution is -0.385. The largest absolute Gasteiger partial charge is 0.342 e. The van der Waals surface area contributed by atoms with Crippen LogP contribution in [0.1, 0.15) is 43.1 Å². The Morgan fingerprint density at radius 2 is 2.00 bits per heavy atom. The number of amides is 1. The fraction of sp³-hybridized carbons (Fsp3) is 0.562. The predicted molar refractivity (Wildman–Crippen MR) is 94.1 cm³/mol. The maximum atomic E-state index is 12.4. The van der Waals surface area contributed by atoms with Gasteiger partial charge in [-0.2, -0.15) is 0 Å². The molecule has 7 heteroatoms. The molecular weight excluding hydrogens is 318 g/mol. The smallest absolute Gasteiger partial charge is 0.273 e. The number of halogens is 1. The van der Waals surface area contributed by atoms with Crippen molar-refractivity contribution in [1.82, 2.24) is 4.90 Å². The summed E-state index contributed by atoms with van der Waals surface area (Å²) in [5.74, 6) is 0.134. The number of nitro groups is 1. The minimum absolute atomic E-state index is 0. The maximum absolute atomic E-state index is 12.4. The van der Waals surface area contributed by atoms with E-state index in [0.29, 0.717) is 36.4 Å². The van der Waals surface area contributed by atoms with Crippen molar-refractivity contribution < 1.29 is 9.72 Å². The van der Waals surface area contributed by atoms with Crippen LogP contribution < -0.4 is 5.73 Å². The van der Waals surface area contributed by atoms with Crippen LogP contribution in [0, 0.1) is 16.0 Å². The van der Waals surface area contributed by atoms with Crippen molar-refractivity contribution in [2.75, 3.05) is 13.6 Å². The standard InChI is InChI=1S/C16H25N3O3.ClH/c1-5-12-6-7-13(10-15(12)19(21)22)16(20)18(4)9-8-14(17)11(2)3;/h6-7,10-11,14H,5,8-9,17H2,1-4H3;1H. The fourth-order valence-electron chi connectivity index (χ4n) is 2.16. The molecule has 0 bridgehead atoms. The second kappa shape index (κ2) is 9.47. The number of carbonyl (C=O) groups is 1. The van der Waals surface area contributed by atoms with Gasteiger partial charge in [-0.05, 0) is 24.8 Å². The molecule has 1 aromatic carbocycles. The molecule has 0 radical (unpaired) electrons. The highest BCUT2D eigenvalue weighted by molar-refractivity contribution is 5.94. The zero-order valence-electron chi connectivity index (χ0n) is 14.1. The Labute approximate surface area is 143 Å². The molecule has 0 aliphatic heterocycles. The zero-order chi connectivity index (χ0) is 16.9. The molecule has 130 valence electrons. The summed E-state index contributed by atoms with van der Waals surface area (Å²) in [5.41, 5.74) is 6.95. The normalized spacial score (nSPS) is 11.7. The lowest BCUT2D eigenvalue weighted by Crippen LogP contribution is -2.34. The van der Waals surface area contributed by atoms with Crippen LogP contribution in [0.15, 0.2) is 18.2 Å². The SMILES string of the molecule is CCc1ccc(C(=O)N(C)CCC(N)C(C)C)cc1[N+](=O)[O-].Cl. The number of benzene rings is 1. The summed E-state index contributed by atoms with van der Waals surface area (Å²) in [4.78, 5) is 24.6. The van der Waals surface area contributed by atoms with E-state index in [2.05, 4.69) is 0 Å². The van der Waals surface area contributed by atoms with Gasteiger partial charge in [0.15, 0.2) is 0 Å². The van der Waals surface area contributed by atoms with Gasteiger partial charge in [-0.3, -0.25) is 14.9 Å². The van der Waals surface area contributed by atoms with Crippen LogP contribution in [0.2, 0.25) is 0 Å². The second-order valence-electron chi connectivity index (χ2n) is 5.88. The van der Waals surface area contributed by atoms with Gasteiger partial charge in [-0.1, -0.05) is 26.8 Å². The van der Waals surface area contributed by atoms with Crippen LogP contribution >= 0.6 is 12.4 Å². The highest BCUT2D eigenvalue weighted by atomic mass is 35.5. The van der Waals surface area contributed by atoms with Crippen LogP contribution in [0.5, 0.6) is 0 Å². The summed E-state index contributed by atoms with van der Waals surface area (Å²) in [6.45, 7) is 6.46. The van der Waals surface area contributed by atoms with Crippen molar-refractivity contribution in [2.45, 2.75) is 39.7 Å². The van der Waals surface area contributed by atoms with Crippen molar-refractivity contribution in [3.8, 4) is 0 Å². The summed E-state index contributed by atoms with van der Waals surface area (Å²) in [7, 11) is 1.69. The average Bonchev–Trinajstić information content (AvgIpc) is 2.50. The molecule has 0 fully saturated rings. The van der Waals surface area contributed by atoms with Gasteiger partial charge in [0, 0.05) is 36.8 Å². The predicted octanol–water partition coefficient (Wildman–Crippen LogP) is 3.02. The summed E-state index contributed by atoms with van der Waals surface area (Å²) in [6.07, 6.45) is 1.26. The Kier molecular flexibility index (Phi) is 8.79. The molecule has 0 saturated carbocycles. The highest BCUT2D eigenvalue weighted by Crippen LogP contribution is 2.21. The van der Waals surface area contributed by atoms with E-state index in [1.54, 1.807) is 24.1 Å². The van der Waals surface area contributed by atoms with Crippen LogP contribution in [-0.2, 0) is 6.42 Å². The van der Waals surface area contributed by atoms with Gasteiger partial charge in [-0.15, -0.1) is 12.4 Å². The monoisotopic (exact) mass is 343 g/mol. The van der Waals surface area contributed by atoms with Gasteiger partial charge in [0.2, 0.25) is 0 Å². The minimum atomic E-state index is -0.440. The average molecular weight is 344 g/mol. The Morgan fingerprint density at radius 1 is 1.39 bits per heavy atom. The molecule has 1 atom stereocenters. The molecule has 1 unspecified atom stereocenters. The van der Waals surface area contributed by atoms with E-state index in [9.17, 15) is 14.9 Å². The third-order valence-electron chi connectivity index (χ3n) is 3.91. The molecule has 2 N–H and O–H groups in total. The van der Waals surface area contributed by atoms with Crippen molar-refractivity contribution in [2.24, 2.45) is 11.7 Å². The number of hydrogen-bond donors (Lipinski definition) is 1. The number of nitrogens with zero attached hydrogens (tertiary/aromatic N) is 2. The molecule has 0 saturated heterocycles. The Morgan fingerprint density at radius 3 is 2.48 bits per heavy atom. The van der Waals surface area contributed by atoms with Crippen molar-refractivity contribution >= 4 is 24.0 Å². The molecule has 1 aromatic rings. The van der Waals surface area contributed by atoms with Crippen molar-refractivity contribution in [1.29, 1.82) is 0 Å². The third-order valence-corrected chi connectivity index (χ3v) is 3.91. The van der Waals surface area contributed by atoms with E-state index in [0.717, 1.165) is 0 Å². The Bertz CT molecular complexity index is 549.